The second kappa shape index (κ2) is 9.41. The molecule has 5 nitrogen and oxygen atoms in total. The van der Waals surface area contributed by atoms with Crippen molar-refractivity contribution in [3.8, 4) is 0 Å². The van der Waals surface area contributed by atoms with E-state index in [-0.39, 0.29) is 17.7 Å². The van der Waals surface area contributed by atoms with Crippen molar-refractivity contribution in [2.45, 2.75) is 24.8 Å². The minimum atomic E-state index is -0.265. The number of thiophene rings is 1. The molecule has 0 bridgehead atoms. The monoisotopic (exact) mass is 449 g/mol. The molecule has 4 rings (SSSR count). The third-order valence-corrected chi connectivity index (χ3v) is 6.55. The summed E-state index contributed by atoms with van der Waals surface area (Å²) < 4.78 is 5.26. The molecule has 1 atom stereocenters. The maximum atomic E-state index is 12.6. The molecule has 31 heavy (non-hydrogen) atoms. The first-order valence-corrected chi connectivity index (χ1v) is 11.9. The van der Waals surface area contributed by atoms with Crippen LogP contribution in [0.1, 0.15) is 38.2 Å². The second-order valence-corrected chi connectivity index (χ2v) is 9.28. The van der Waals surface area contributed by atoms with Crippen molar-refractivity contribution >= 4 is 39.8 Å². The van der Waals surface area contributed by atoms with E-state index in [9.17, 15) is 4.79 Å². The average Bonchev–Trinajstić information content (AvgIpc) is 3.42. The summed E-state index contributed by atoms with van der Waals surface area (Å²) in [5.41, 5.74) is 3.21. The van der Waals surface area contributed by atoms with Crippen molar-refractivity contribution in [2.24, 2.45) is 0 Å². The van der Waals surface area contributed by atoms with E-state index < -0.39 is 0 Å². The summed E-state index contributed by atoms with van der Waals surface area (Å²) in [4.78, 5) is 19.4. The Labute approximate surface area is 189 Å². The molecule has 1 aromatic carbocycles. The zero-order valence-corrected chi connectivity index (χ0v) is 19.1. The number of carbonyl (C=O) groups is 1. The van der Waals surface area contributed by atoms with E-state index in [1.165, 1.54) is 11.2 Å². The second-order valence-electron chi connectivity index (χ2n) is 7.14. The van der Waals surface area contributed by atoms with Crippen LogP contribution in [0.5, 0.6) is 0 Å². The van der Waals surface area contributed by atoms with Crippen LogP contribution in [0.25, 0.3) is 0 Å². The maximum absolute atomic E-state index is 12.6. The van der Waals surface area contributed by atoms with Gasteiger partial charge in [0.1, 0.15) is 10.8 Å². The lowest BCUT2D eigenvalue weighted by atomic mass is 10.00. The number of nitrogens with zero attached hydrogens (tertiary/aromatic N) is 1. The Hall–Kier alpha value is -3.03. The number of benzene rings is 1. The predicted octanol–water partition coefficient (Wildman–Crippen LogP) is 6.53. The number of aromatic nitrogens is 1. The predicted molar refractivity (Wildman–Crippen MR) is 128 cm³/mol. The first-order valence-electron chi connectivity index (χ1n) is 9.82. The van der Waals surface area contributed by atoms with Crippen LogP contribution in [0, 0.1) is 13.8 Å². The summed E-state index contributed by atoms with van der Waals surface area (Å²) in [7, 11) is 0. The molecule has 0 radical (unpaired) electrons. The number of furan rings is 1. The normalized spacial score (nSPS) is 11.8. The number of hydrogen-bond acceptors (Lipinski definition) is 6. The number of anilines is 2. The van der Waals surface area contributed by atoms with Crippen LogP contribution >= 0.6 is 23.1 Å². The first-order chi connectivity index (χ1) is 15.0. The van der Waals surface area contributed by atoms with Gasteiger partial charge in [0.25, 0.3) is 5.91 Å². The molecular formula is C24H23N3O2S2. The van der Waals surface area contributed by atoms with E-state index in [4.69, 9.17) is 4.42 Å². The van der Waals surface area contributed by atoms with Gasteiger partial charge in [-0.15, -0.1) is 23.1 Å². The molecule has 0 aliphatic heterocycles. The maximum Gasteiger partial charge on any atom is 0.291 e. The number of aryl methyl sites for hydroxylation is 2. The van der Waals surface area contributed by atoms with Crippen LogP contribution in [0.15, 0.2) is 76.4 Å². The van der Waals surface area contributed by atoms with E-state index in [1.54, 1.807) is 41.4 Å². The van der Waals surface area contributed by atoms with Crippen LogP contribution in [-0.2, 0) is 0 Å². The topological polar surface area (TPSA) is 67.2 Å². The highest BCUT2D eigenvalue weighted by molar-refractivity contribution is 7.98. The molecule has 0 saturated heterocycles. The van der Waals surface area contributed by atoms with Gasteiger partial charge in [-0.05, 0) is 73.7 Å². The fourth-order valence-electron chi connectivity index (χ4n) is 3.32. The molecule has 1 amide bonds. The molecule has 3 heterocycles. The molecule has 0 spiro atoms. The number of thioether (sulfide) groups is 1. The van der Waals surface area contributed by atoms with Gasteiger partial charge in [-0.2, -0.15) is 0 Å². The highest BCUT2D eigenvalue weighted by Crippen LogP contribution is 2.38. The standard InChI is InChI=1S/C24H23N3O2S2/c1-15-10-11-25-21(13-15)26-22(17-6-8-18(30-3)9-7-17)19-14-16(2)31-24(19)27-23(28)20-5-4-12-29-20/h4-14,22H,1-3H3,(H,25,26)(H,27,28)/t22-/m1/s1. The highest BCUT2D eigenvalue weighted by Gasteiger charge is 2.23. The van der Waals surface area contributed by atoms with Crippen molar-refractivity contribution in [1.29, 1.82) is 0 Å². The van der Waals surface area contributed by atoms with Crippen LogP contribution in [0.3, 0.4) is 0 Å². The van der Waals surface area contributed by atoms with Gasteiger partial charge in [0, 0.05) is 21.5 Å². The number of rotatable bonds is 7. The summed E-state index contributed by atoms with van der Waals surface area (Å²) in [5.74, 6) is 0.801. The third-order valence-electron chi connectivity index (χ3n) is 4.82. The van der Waals surface area contributed by atoms with E-state index in [1.807, 2.05) is 26.0 Å². The number of carbonyl (C=O) groups excluding carboxylic acids is 1. The summed E-state index contributed by atoms with van der Waals surface area (Å²) in [6.45, 7) is 4.08. The van der Waals surface area contributed by atoms with Crippen molar-refractivity contribution in [2.75, 3.05) is 16.9 Å². The van der Waals surface area contributed by atoms with Gasteiger partial charge in [0.2, 0.25) is 0 Å². The van der Waals surface area contributed by atoms with E-state index in [0.717, 1.165) is 32.4 Å². The molecule has 0 unspecified atom stereocenters. The van der Waals surface area contributed by atoms with E-state index in [0.29, 0.717) is 0 Å². The van der Waals surface area contributed by atoms with Crippen LogP contribution in [0.4, 0.5) is 10.8 Å². The minimum absolute atomic E-state index is 0.179. The highest BCUT2D eigenvalue weighted by atomic mass is 32.2. The molecule has 0 aliphatic rings. The van der Waals surface area contributed by atoms with Gasteiger partial charge >= 0.3 is 0 Å². The molecule has 4 aromatic rings. The number of amides is 1. The summed E-state index contributed by atoms with van der Waals surface area (Å²) in [6.07, 6.45) is 5.35. The van der Waals surface area contributed by atoms with Crippen LogP contribution in [-0.4, -0.2) is 17.1 Å². The van der Waals surface area contributed by atoms with Crippen LogP contribution < -0.4 is 10.6 Å². The molecule has 0 aliphatic carbocycles. The van der Waals surface area contributed by atoms with Gasteiger partial charge in [-0.1, -0.05) is 12.1 Å². The first kappa shape index (κ1) is 21.2. The summed E-state index contributed by atoms with van der Waals surface area (Å²) >= 11 is 3.25. The van der Waals surface area contributed by atoms with Crippen molar-refractivity contribution in [1.82, 2.24) is 4.98 Å². The zero-order valence-electron chi connectivity index (χ0n) is 17.5. The minimum Gasteiger partial charge on any atom is -0.459 e. The van der Waals surface area contributed by atoms with Crippen molar-refractivity contribution in [3.05, 3.63) is 94.4 Å². The molecule has 0 saturated carbocycles. The fraction of sp³-hybridized carbons (Fsp3) is 0.167. The van der Waals surface area contributed by atoms with Gasteiger partial charge < -0.3 is 15.1 Å². The molecule has 7 heteroatoms. The molecule has 2 N–H and O–H groups in total. The molecule has 3 aromatic heterocycles. The number of hydrogen-bond donors (Lipinski definition) is 2. The summed E-state index contributed by atoms with van der Waals surface area (Å²) in [5, 5.41) is 7.38. The fourth-order valence-corrected chi connectivity index (χ4v) is 4.67. The third kappa shape index (κ3) is 5.00. The van der Waals surface area contributed by atoms with Gasteiger partial charge in [-0.3, -0.25) is 4.79 Å². The quantitative estimate of drug-likeness (QED) is 0.314. The Morgan fingerprint density at radius 2 is 1.94 bits per heavy atom. The lowest BCUT2D eigenvalue weighted by molar-refractivity contribution is 0.0997. The van der Waals surface area contributed by atoms with Gasteiger partial charge in [0.05, 0.1) is 12.3 Å². The average molecular weight is 450 g/mol. The van der Waals surface area contributed by atoms with Crippen molar-refractivity contribution in [3.63, 3.8) is 0 Å². The molecule has 0 fully saturated rings. The van der Waals surface area contributed by atoms with Gasteiger partial charge in [0.15, 0.2) is 5.76 Å². The number of nitrogens with one attached hydrogen (secondary N) is 2. The largest absolute Gasteiger partial charge is 0.459 e. The number of pyridine rings is 1. The summed E-state index contributed by atoms with van der Waals surface area (Å²) in [6, 6.07) is 17.7. The Morgan fingerprint density at radius 1 is 1.13 bits per heavy atom. The lowest BCUT2D eigenvalue weighted by Gasteiger charge is -2.21. The Kier molecular flexibility index (Phi) is 6.44. The van der Waals surface area contributed by atoms with Crippen LogP contribution in [0.2, 0.25) is 0 Å². The van der Waals surface area contributed by atoms with E-state index >= 15 is 0 Å². The molecule has 158 valence electrons. The Balaban J connectivity index is 1.73. The Bertz CT molecular complexity index is 1170. The van der Waals surface area contributed by atoms with Crippen molar-refractivity contribution < 1.29 is 9.21 Å². The zero-order chi connectivity index (χ0) is 21.8. The molecular weight excluding hydrogens is 426 g/mol. The lowest BCUT2D eigenvalue weighted by Crippen LogP contribution is -2.17. The van der Waals surface area contributed by atoms with Gasteiger partial charge in [-0.25, -0.2) is 4.98 Å². The van der Waals surface area contributed by atoms with E-state index in [2.05, 4.69) is 52.2 Å². The SMILES string of the molecule is CSc1ccc([C@@H](Nc2cc(C)ccn2)c2cc(C)sc2NC(=O)c2ccco2)cc1. The smallest absolute Gasteiger partial charge is 0.291 e. The Morgan fingerprint density at radius 3 is 2.61 bits per heavy atom.